The summed E-state index contributed by atoms with van der Waals surface area (Å²) in [5.41, 5.74) is 2.89. The summed E-state index contributed by atoms with van der Waals surface area (Å²) >= 11 is 19.1. The van der Waals surface area contributed by atoms with Gasteiger partial charge in [0.1, 0.15) is 10.9 Å². The number of aromatic nitrogens is 2. The molecule has 3 rings (SSSR count). The number of fused-ring (bicyclic) bond motifs is 1. The van der Waals surface area contributed by atoms with Gasteiger partial charge in [0.15, 0.2) is 0 Å². The van der Waals surface area contributed by atoms with E-state index in [1.54, 1.807) is 16.8 Å². The zero-order chi connectivity index (χ0) is 15.9. The van der Waals surface area contributed by atoms with E-state index in [0.29, 0.717) is 26.6 Å². The molecule has 2 aromatic rings. The van der Waals surface area contributed by atoms with Gasteiger partial charge in [0.2, 0.25) is 0 Å². The zero-order valence-electron chi connectivity index (χ0n) is 12.5. The summed E-state index contributed by atoms with van der Waals surface area (Å²) in [5.74, 6) is 0.584. The molecule has 1 aromatic carbocycles. The second-order valence-corrected chi connectivity index (χ2v) is 6.91. The summed E-state index contributed by atoms with van der Waals surface area (Å²) in [6.45, 7) is 3.90. The molecule has 0 saturated carbocycles. The van der Waals surface area contributed by atoms with E-state index in [1.807, 2.05) is 13.8 Å². The van der Waals surface area contributed by atoms with Crippen LogP contribution in [-0.4, -0.2) is 15.9 Å². The molecule has 0 N–H and O–H groups in total. The Morgan fingerprint density at radius 3 is 2.50 bits per heavy atom. The van der Waals surface area contributed by atoms with Crippen molar-refractivity contribution in [3.8, 4) is 11.4 Å². The minimum absolute atomic E-state index is 0.0211. The van der Waals surface area contributed by atoms with Crippen LogP contribution < -0.4 is 4.74 Å². The second-order valence-electron chi connectivity index (χ2n) is 5.74. The van der Waals surface area contributed by atoms with E-state index in [1.165, 1.54) is 0 Å². The van der Waals surface area contributed by atoms with Crippen LogP contribution in [0.25, 0.3) is 5.69 Å². The first-order chi connectivity index (χ1) is 10.5. The molecular weight excluding hydrogens is 343 g/mol. The fourth-order valence-corrected chi connectivity index (χ4v) is 3.54. The van der Waals surface area contributed by atoms with Gasteiger partial charge in [-0.25, -0.2) is 4.68 Å². The van der Waals surface area contributed by atoms with Gasteiger partial charge in [0, 0.05) is 11.6 Å². The molecule has 1 aliphatic carbocycles. The average molecular weight is 360 g/mol. The van der Waals surface area contributed by atoms with E-state index >= 15 is 0 Å². The summed E-state index contributed by atoms with van der Waals surface area (Å²) in [6, 6.07) is 3.47. The molecule has 0 amide bonds. The Balaban J connectivity index is 2.10. The van der Waals surface area contributed by atoms with Crippen molar-refractivity contribution in [3.63, 3.8) is 0 Å². The van der Waals surface area contributed by atoms with Gasteiger partial charge in [-0.2, -0.15) is 5.10 Å². The van der Waals surface area contributed by atoms with Crippen molar-refractivity contribution in [3.05, 3.63) is 38.6 Å². The number of benzene rings is 1. The second kappa shape index (κ2) is 6.31. The molecule has 1 aromatic heterocycles. The van der Waals surface area contributed by atoms with Gasteiger partial charge in [-0.05, 0) is 45.6 Å². The number of hydrogen-bond acceptors (Lipinski definition) is 2. The lowest BCUT2D eigenvalue weighted by Gasteiger charge is -2.14. The Bertz CT molecular complexity index is 710. The van der Waals surface area contributed by atoms with Crippen LogP contribution in [0.1, 0.15) is 37.9 Å². The molecule has 22 heavy (non-hydrogen) atoms. The van der Waals surface area contributed by atoms with Crippen molar-refractivity contribution in [2.45, 2.75) is 45.6 Å². The number of aryl methyl sites for hydroxylation is 1. The van der Waals surface area contributed by atoms with Gasteiger partial charge < -0.3 is 4.74 Å². The Kier molecular flexibility index (Phi) is 4.58. The monoisotopic (exact) mass is 358 g/mol. The maximum absolute atomic E-state index is 6.51. The number of nitrogens with zero attached hydrogens (tertiary/aromatic N) is 2. The number of halogens is 3. The Morgan fingerprint density at radius 2 is 1.82 bits per heavy atom. The van der Waals surface area contributed by atoms with Crippen LogP contribution in [-0.2, 0) is 12.8 Å². The van der Waals surface area contributed by atoms with Gasteiger partial charge in [-0.3, -0.25) is 0 Å². The molecule has 0 fully saturated rings. The summed E-state index contributed by atoms with van der Waals surface area (Å²) in [7, 11) is 0. The zero-order valence-corrected chi connectivity index (χ0v) is 14.8. The van der Waals surface area contributed by atoms with Crippen molar-refractivity contribution in [2.75, 3.05) is 0 Å². The normalized spacial score (nSPS) is 14.3. The highest BCUT2D eigenvalue weighted by Gasteiger charge is 2.22. The molecule has 0 atom stereocenters. The highest BCUT2D eigenvalue weighted by molar-refractivity contribution is 6.37. The summed E-state index contributed by atoms with van der Waals surface area (Å²) in [4.78, 5) is 0. The van der Waals surface area contributed by atoms with E-state index in [9.17, 15) is 0 Å². The molecule has 118 valence electrons. The van der Waals surface area contributed by atoms with E-state index in [0.717, 1.165) is 36.9 Å². The van der Waals surface area contributed by atoms with Crippen LogP contribution in [0, 0.1) is 0 Å². The Morgan fingerprint density at radius 1 is 1.09 bits per heavy atom. The lowest BCUT2D eigenvalue weighted by Crippen LogP contribution is -2.07. The molecule has 0 aliphatic heterocycles. The van der Waals surface area contributed by atoms with Gasteiger partial charge in [-0.15, -0.1) is 0 Å². The van der Waals surface area contributed by atoms with Gasteiger partial charge in [-0.1, -0.05) is 34.8 Å². The van der Waals surface area contributed by atoms with E-state index in [-0.39, 0.29) is 6.10 Å². The van der Waals surface area contributed by atoms with Crippen LogP contribution >= 0.6 is 34.8 Å². The van der Waals surface area contributed by atoms with Crippen LogP contribution in [0.4, 0.5) is 0 Å². The molecule has 0 spiro atoms. The lowest BCUT2D eigenvalue weighted by molar-refractivity contribution is 0.242. The van der Waals surface area contributed by atoms with E-state index in [2.05, 4.69) is 5.10 Å². The predicted molar refractivity (Wildman–Crippen MR) is 91.0 cm³/mol. The third kappa shape index (κ3) is 2.94. The molecule has 0 saturated heterocycles. The first kappa shape index (κ1) is 16.0. The number of hydrogen-bond donors (Lipinski definition) is 0. The molecule has 0 bridgehead atoms. The number of ether oxygens (including phenoxy) is 1. The quantitative estimate of drug-likeness (QED) is 0.723. The van der Waals surface area contributed by atoms with Gasteiger partial charge >= 0.3 is 0 Å². The largest absolute Gasteiger partial charge is 0.489 e. The van der Waals surface area contributed by atoms with Crippen molar-refractivity contribution in [2.24, 2.45) is 0 Å². The fourth-order valence-electron chi connectivity index (χ4n) is 2.70. The molecule has 6 heteroatoms. The van der Waals surface area contributed by atoms with Crippen LogP contribution in [0.15, 0.2) is 12.1 Å². The van der Waals surface area contributed by atoms with Crippen LogP contribution in [0.3, 0.4) is 0 Å². The first-order valence-corrected chi connectivity index (χ1v) is 8.53. The molecule has 0 unspecified atom stereocenters. The average Bonchev–Trinajstić information content (AvgIpc) is 2.79. The molecular formula is C16H17Cl3N2O. The van der Waals surface area contributed by atoms with Gasteiger partial charge in [0.05, 0.1) is 27.5 Å². The molecule has 1 aliphatic rings. The minimum atomic E-state index is 0.0211. The standard InChI is InChI=1S/C16H17Cl3N2O/c1-9(2)22-15-8-14(11(17)7-12(15)18)21-16(19)10-5-3-4-6-13(10)20-21/h7-9H,3-6H2,1-2H3. The molecule has 0 radical (unpaired) electrons. The van der Waals surface area contributed by atoms with Crippen molar-refractivity contribution >= 4 is 34.8 Å². The SMILES string of the molecule is CC(C)Oc1cc(-n2nc3c(c2Cl)CCCC3)c(Cl)cc1Cl. The third-order valence-electron chi connectivity index (χ3n) is 3.69. The Hall–Kier alpha value is -0.900. The predicted octanol–water partition coefficient (Wildman–Crippen LogP) is 5.50. The van der Waals surface area contributed by atoms with Crippen molar-refractivity contribution < 1.29 is 4.74 Å². The lowest BCUT2D eigenvalue weighted by atomic mass is 9.99. The van der Waals surface area contributed by atoms with E-state index in [4.69, 9.17) is 39.5 Å². The van der Waals surface area contributed by atoms with Gasteiger partial charge in [0.25, 0.3) is 0 Å². The Labute approximate surface area is 145 Å². The van der Waals surface area contributed by atoms with E-state index < -0.39 is 0 Å². The maximum atomic E-state index is 6.51. The van der Waals surface area contributed by atoms with Crippen molar-refractivity contribution in [1.82, 2.24) is 9.78 Å². The smallest absolute Gasteiger partial charge is 0.140 e. The fraction of sp³-hybridized carbons (Fsp3) is 0.438. The first-order valence-electron chi connectivity index (χ1n) is 7.39. The van der Waals surface area contributed by atoms with Crippen LogP contribution in [0.2, 0.25) is 15.2 Å². The summed E-state index contributed by atoms with van der Waals surface area (Å²) in [6.07, 6.45) is 4.25. The third-order valence-corrected chi connectivity index (χ3v) is 4.67. The molecule has 1 heterocycles. The summed E-state index contributed by atoms with van der Waals surface area (Å²) in [5, 5.41) is 6.25. The topological polar surface area (TPSA) is 27.1 Å². The number of rotatable bonds is 3. The summed E-state index contributed by atoms with van der Waals surface area (Å²) < 4.78 is 7.43. The minimum Gasteiger partial charge on any atom is -0.489 e. The highest BCUT2D eigenvalue weighted by Crippen LogP contribution is 2.37. The van der Waals surface area contributed by atoms with Crippen LogP contribution in [0.5, 0.6) is 5.75 Å². The maximum Gasteiger partial charge on any atom is 0.140 e. The van der Waals surface area contributed by atoms with Crippen molar-refractivity contribution in [1.29, 1.82) is 0 Å². The molecule has 3 nitrogen and oxygen atoms in total. The highest BCUT2D eigenvalue weighted by atomic mass is 35.5.